The monoisotopic (exact) mass is 416 g/mol. The number of halogens is 1. The Hall–Kier alpha value is -1.92. The quantitative estimate of drug-likeness (QED) is 0.407. The number of aromatic nitrogens is 2. The molecule has 1 heterocycles. The Morgan fingerprint density at radius 1 is 1.08 bits per heavy atom. The zero-order valence-electron chi connectivity index (χ0n) is 14.1. The fraction of sp³-hybridized carbons (Fsp3) is 0.211. The molecule has 128 valence electrons. The Morgan fingerprint density at radius 2 is 1.80 bits per heavy atom. The summed E-state index contributed by atoms with van der Waals surface area (Å²) in [6, 6.07) is 13.3. The van der Waals surface area contributed by atoms with Crippen LogP contribution in [0.15, 0.2) is 56.6 Å². The van der Waals surface area contributed by atoms with Crippen molar-refractivity contribution in [3.05, 3.63) is 63.6 Å². The highest BCUT2D eigenvalue weighted by molar-refractivity contribution is 9.10. The van der Waals surface area contributed by atoms with Crippen molar-refractivity contribution < 1.29 is 9.21 Å². The normalized spacial score (nSPS) is 12.2. The highest BCUT2D eigenvalue weighted by Gasteiger charge is 2.20. The van der Waals surface area contributed by atoms with Crippen LogP contribution in [0.5, 0.6) is 0 Å². The van der Waals surface area contributed by atoms with E-state index in [2.05, 4.69) is 33.1 Å². The van der Waals surface area contributed by atoms with Crippen molar-refractivity contribution in [2.24, 2.45) is 0 Å². The van der Waals surface area contributed by atoms with Gasteiger partial charge in [-0.25, -0.2) is 0 Å². The lowest BCUT2D eigenvalue weighted by Gasteiger charge is -2.07. The Kier molecular flexibility index (Phi) is 5.39. The molecule has 0 aliphatic heterocycles. The predicted molar refractivity (Wildman–Crippen MR) is 103 cm³/mol. The summed E-state index contributed by atoms with van der Waals surface area (Å²) in [5.41, 5.74) is 3.93. The van der Waals surface area contributed by atoms with Gasteiger partial charge in [0.15, 0.2) is 5.78 Å². The highest BCUT2D eigenvalue weighted by atomic mass is 79.9. The van der Waals surface area contributed by atoms with Crippen LogP contribution in [0.3, 0.4) is 0 Å². The summed E-state index contributed by atoms with van der Waals surface area (Å²) in [6.07, 6.45) is 0. The summed E-state index contributed by atoms with van der Waals surface area (Å²) in [7, 11) is 0. The fourth-order valence-electron chi connectivity index (χ4n) is 2.30. The Labute approximate surface area is 159 Å². The minimum Gasteiger partial charge on any atom is -0.411 e. The third kappa shape index (κ3) is 4.19. The van der Waals surface area contributed by atoms with E-state index in [1.54, 1.807) is 12.1 Å². The molecule has 0 bridgehead atoms. The fourth-order valence-corrected chi connectivity index (χ4v) is 3.33. The molecule has 1 aromatic heterocycles. The van der Waals surface area contributed by atoms with Gasteiger partial charge < -0.3 is 4.42 Å². The topological polar surface area (TPSA) is 56.0 Å². The molecule has 0 aliphatic rings. The predicted octanol–water partition coefficient (Wildman–Crippen LogP) is 5.48. The number of ketones is 1. The molecule has 0 fully saturated rings. The van der Waals surface area contributed by atoms with Gasteiger partial charge in [-0.2, -0.15) is 0 Å². The van der Waals surface area contributed by atoms with Crippen LogP contribution in [0.25, 0.3) is 11.5 Å². The number of carbonyl (C=O) groups is 1. The van der Waals surface area contributed by atoms with Crippen LogP contribution in [0.2, 0.25) is 0 Å². The first-order chi connectivity index (χ1) is 11.9. The number of carbonyl (C=O) groups excluding carboxylic acids is 1. The van der Waals surface area contributed by atoms with Crippen molar-refractivity contribution >= 4 is 33.5 Å². The average Bonchev–Trinajstić information content (AvgIpc) is 3.06. The van der Waals surface area contributed by atoms with Gasteiger partial charge in [0.2, 0.25) is 5.89 Å². The van der Waals surface area contributed by atoms with E-state index in [4.69, 9.17) is 4.42 Å². The summed E-state index contributed by atoms with van der Waals surface area (Å²) >= 11 is 4.64. The smallest absolute Gasteiger partial charge is 0.277 e. The molecule has 4 nitrogen and oxygen atoms in total. The van der Waals surface area contributed by atoms with E-state index in [1.165, 1.54) is 22.9 Å². The summed E-state index contributed by atoms with van der Waals surface area (Å²) in [6.45, 7) is 5.95. The van der Waals surface area contributed by atoms with Crippen LogP contribution >= 0.6 is 27.7 Å². The van der Waals surface area contributed by atoms with Gasteiger partial charge in [0.1, 0.15) is 0 Å². The van der Waals surface area contributed by atoms with Crippen molar-refractivity contribution in [1.29, 1.82) is 0 Å². The first kappa shape index (κ1) is 17.9. The zero-order valence-corrected chi connectivity index (χ0v) is 16.5. The number of rotatable bonds is 5. The standard InChI is InChI=1S/C19H17BrN2O2S/c1-11-4-5-15(10-12(11)2)18-21-22-19(24-18)25-13(3)17(23)14-6-8-16(20)9-7-14/h4-10,13H,1-3H3. The number of nitrogens with zero attached hydrogens (tertiary/aromatic N) is 2. The van der Waals surface area contributed by atoms with Crippen LogP contribution in [0.4, 0.5) is 0 Å². The maximum Gasteiger partial charge on any atom is 0.277 e. The summed E-state index contributed by atoms with van der Waals surface area (Å²) in [5.74, 6) is 0.498. The molecular weight excluding hydrogens is 400 g/mol. The Balaban J connectivity index is 1.73. The van der Waals surface area contributed by atoms with E-state index < -0.39 is 0 Å². The second-order valence-corrected chi connectivity index (χ2v) is 8.01. The molecule has 1 atom stereocenters. The molecule has 2 aromatic carbocycles. The van der Waals surface area contributed by atoms with Crippen LogP contribution in [0, 0.1) is 13.8 Å². The minimum atomic E-state index is -0.311. The van der Waals surface area contributed by atoms with Crippen LogP contribution in [0.1, 0.15) is 28.4 Å². The molecule has 6 heteroatoms. The van der Waals surface area contributed by atoms with Crippen molar-refractivity contribution in [2.45, 2.75) is 31.2 Å². The molecule has 25 heavy (non-hydrogen) atoms. The van der Waals surface area contributed by atoms with E-state index in [0.29, 0.717) is 16.7 Å². The molecule has 3 rings (SSSR count). The van der Waals surface area contributed by atoms with Crippen molar-refractivity contribution in [3.8, 4) is 11.5 Å². The number of benzene rings is 2. The first-order valence-electron chi connectivity index (χ1n) is 7.81. The van der Waals surface area contributed by atoms with Gasteiger partial charge >= 0.3 is 0 Å². The lowest BCUT2D eigenvalue weighted by Crippen LogP contribution is -2.13. The highest BCUT2D eigenvalue weighted by Crippen LogP contribution is 2.28. The second kappa shape index (κ2) is 7.54. The largest absolute Gasteiger partial charge is 0.411 e. The first-order valence-corrected chi connectivity index (χ1v) is 9.49. The molecule has 0 spiro atoms. The molecule has 0 aliphatic carbocycles. The number of hydrogen-bond acceptors (Lipinski definition) is 5. The van der Waals surface area contributed by atoms with E-state index in [1.807, 2.05) is 44.2 Å². The van der Waals surface area contributed by atoms with E-state index in [0.717, 1.165) is 10.0 Å². The van der Waals surface area contributed by atoms with Gasteiger partial charge in [-0.05, 0) is 56.2 Å². The average molecular weight is 417 g/mol. The molecule has 0 amide bonds. The van der Waals surface area contributed by atoms with Crippen molar-refractivity contribution in [1.82, 2.24) is 10.2 Å². The Bertz CT molecular complexity index is 906. The summed E-state index contributed by atoms with van der Waals surface area (Å²) in [4.78, 5) is 12.5. The molecule has 0 radical (unpaired) electrons. The molecule has 3 aromatic rings. The zero-order chi connectivity index (χ0) is 18.0. The van der Waals surface area contributed by atoms with E-state index in [-0.39, 0.29) is 11.0 Å². The van der Waals surface area contributed by atoms with Crippen LogP contribution in [-0.4, -0.2) is 21.2 Å². The van der Waals surface area contributed by atoms with Crippen LogP contribution < -0.4 is 0 Å². The summed E-state index contributed by atoms with van der Waals surface area (Å²) < 4.78 is 6.67. The van der Waals surface area contributed by atoms with Crippen molar-refractivity contribution in [3.63, 3.8) is 0 Å². The molecular formula is C19H17BrN2O2S. The van der Waals surface area contributed by atoms with E-state index in [9.17, 15) is 4.79 Å². The second-order valence-electron chi connectivity index (χ2n) is 5.80. The van der Waals surface area contributed by atoms with E-state index >= 15 is 0 Å². The van der Waals surface area contributed by atoms with Gasteiger partial charge in [-0.1, -0.05) is 45.9 Å². The number of Topliss-reactive ketones (excluding diaryl/α,β-unsaturated/α-hetero) is 1. The van der Waals surface area contributed by atoms with Gasteiger partial charge in [-0.3, -0.25) is 4.79 Å². The number of hydrogen-bond donors (Lipinski definition) is 0. The van der Waals surface area contributed by atoms with Crippen LogP contribution in [-0.2, 0) is 0 Å². The maximum absolute atomic E-state index is 12.5. The SMILES string of the molecule is Cc1ccc(-c2nnc(SC(C)C(=O)c3ccc(Br)cc3)o2)cc1C. The minimum absolute atomic E-state index is 0.0310. The van der Waals surface area contributed by atoms with Gasteiger partial charge in [0.05, 0.1) is 5.25 Å². The third-order valence-corrected chi connectivity index (χ3v) is 5.40. The lowest BCUT2D eigenvalue weighted by atomic mass is 10.1. The lowest BCUT2D eigenvalue weighted by molar-refractivity contribution is 0.0993. The van der Waals surface area contributed by atoms with Gasteiger partial charge in [-0.15, -0.1) is 10.2 Å². The van der Waals surface area contributed by atoms with Gasteiger partial charge in [0.25, 0.3) is 5.22 Å². The molecule has 1 unspecified atom stereocenters. The van der Waals surface area contributed by atoms with Gasteiger partial charge in [0, 0.05) is 15.6 Å². The molecule has 0 saturated carbocycles. The molecule has 0 N–H and O–H groups in total. The number of thioether (sulfide) groups is 1. The summed E-state index contributed by atoms with van der Waals surface area (Å²) in [5, 5.41) is 8.24. The van der Waals surface area contributed by atoms with Crippen molar-refractivity contribution in [2.75, 3.05) is 0 Å². The molecule has 0 saturated heterocycles. The number of aryl methyl sites for hydroxylation is 2. The Morgan fingerprint density at radius 3 is 2.48 bits per heavy atom. The third-order valence-electron chi connectivity index (χ3n) is 3.94. The maximum atomic E-state index is 12.5.